The van der Waals surface area contributed by atoms with E-state index in [1.165, 1.54) is 0 Å². The average molecular weight is 276 g/mol. The first-order valence-corrected chi connectivity index (χ1v) is 7.66. The minimum atomic E-state index is -3.42. The maximum absolute atomic E-state index is 12.1. The van der Waals surface area contributed by atoms with Crippen LogP contribution in [-0.2, 0) is 10.0 Å². The molecule has 1 N–H and O–H groups in total. The van der Waals surface area contributed by atoms with Gasteiger partial charge in [0, 0.05) is 11.9 Å². The largest absolute Gasteiger partial charge is 0.240 e. The van der Waals surface area contributed by atoms with Gasteiger partial charge in [0.15, 0.2) is 0 Å². The molecule has 5 heteroatoms. The third kappa shape index (κ3) is 4.30. The van der Waals surface area contributed by atoms with E-state index in [9.17, 15) is 8.42 Å². The van der Waals surface area contributed by atoms with Crippen LogP contribution in [0.4, 0.5) is 0 Å². The lowest BCUT2D eigenvalue weighted by Gasteiger charge is -2.16. The fourth-order valence-corrected chi connectivity index (χ4v) is 3.27. The van der Waals surface area contributed by atoms with Crippen molar-refractivity contribution in [1.82, 2.24) is 4.72 Å². The van der Waals surface area contributed by atoms with Gasteiger partial charge in [-0.25, -0.2) is 13.1 Å². The second kappa shape index (κ2) is 6.38. The summed E-state index contributed by atoms with van der Waals surface area (Å²) in [7, 11) is -3.42. The average Bonchev–Trinajstić information content (AvgIpc) is 2.28. The van der Waals surface area contributed by atoms with Crippen LogP contribution in [0.2, 0.25) is 0 Å². The molecule has 1 atom stereocenters. The van der Waals surface area contributed by atoms with Crippen molar-refractivity contribution in [2.24, 2.45) is 0 Å². The quantitative estimate of drug-likeness (QED) is 0.812. The monoisotopic (exact) mass is 275 g/mol. The zero-order valence-corrected chi connectivity index (χ0v) is 11.7. The molecule has 3 nitrogen and oxygen atoms in total. The van der Waals surface area contributed by atoms with Gasteiger partial charge in [0.2, 0.25) is 10.0 Å². The van der Waals surface area contributed by atoms with E-state index in [1.54, 1.807) is 18.2 Å². The zero-order chi connectivity index (χ0) is 12.9. The Kier molecular flexibility index (Phi) is 5.43. The van der Waals surface area contributed by atoms with Crippen LogP contribution >= 0.6 is 11.6 Å². The minimum Gasteiger partial charge on any atom is -0.208 e. The number of alkyl halides is 1. The molecule has 0 aliphatic carbocycles. The highest BCUT2D eigenvalue weighted by atomic mass is 35.5. The van der Waals surface area contributed by atoms with Crippen molar-refractivity contribution < 1.29 is 8.42 Å². The predicted octanol–water partition coefficient (Wildman–Crippen LogP) is 2.68. The fraction of sp³-hybridized carbons (Fsp3) is 0.500. The first-order valence-electron chi connectivity index (χ1n) is 5.64. The van der Waals surface area contributed by atoms with Crippen molar-refractivity contribution in [3.8, 4) is 0 Å². The van der Waals surface area contributed by atoms with Crippen LogP contribution in [0.25, 0.3) is 0 Å². The lowest BCUT2D eigenvalue weighted by Crippen LogP contribution is -2.34. The Morgan fingerprint density at radius 1 is 1.41 bits per heavy atom. The number of halogens is 1. The molecule has 0 amide bonds. The Labute approximate surface area is 108 Å². The number of hydrogen-bond donors (Lipinski definition) is 1. The lowest BCUT2D eigenvalue weighted by atomic mass is 10.2. The van der Waals surface area contributed by atoms with Crippen LogP contribution in [0.3, 0.4) is 0 Å². The molecule has 17 heavy (non-hydrogen) atoms. The normalized spacial score (nSPS) is 13.6. The van der Waals surface area contributed by atoms with Gasteiger partial charge in [-0.15, -0.1) is 11.6 Å². The van der Waals surface area contributed by atoms with Crippen molar-refractivity contribution in [3.05, 3.63) is 29.8 Å². The van der Waals surface area contributed by atoms with Gasteiger partial charge in [0.25, 0.3) is 0 Å². The van der Waals surface area contributed by atoms with Crippen LogP contribution in [0, 0.1) is 6.92 Å². The summed E-state index contributed by atoms with van der Waals surface area (Å²) in [4.78, 5) is 0.311. The molecule has 1 rings (SSSR count). The Balaban J connectivity index is 2.88. The van der Waals surface area contributed by atoms with E-state index in [4.69, 9.17) is 11.6 Å². The van der Waals surface area contributed by atoms with Gasteiger partial charge in [-0.3, -0.25) is 0 Å². The smallest absolute Gasteiger partial charge is 0.208 e. The number of aryl methyl sites for hydroxylation is 1. The van der Waals surface area contributed by atoms with Crippen molar-refractivity contribution >= 4 is 21.6 Å². The highest BCUT2D eigenvalue weighted by Gasteiger charge is 2.18. The predicted molar refractivity (Wildman–Crippen MR) is 70.9 cm³/mol. The third-order valence-corrected chi connectivity index (χ3v) is 4.31. The van der Waals surface area contributed by atoms with Crippen molar-refractivity contribution in [3.63, 3.8) is 0 Å². The molecular formula is C12H18ClNO2S. The molecule has 0 spiro atoms. The number of benzene rings is 1. The molecule has 1 unspecified atom stereocenters. The molecular weight excluding hydrogens is 258 g/mol. The second-order valence-electron chi connectivity index (χ2n) is 4.02. The molecule has 0 aliphatic heterocycles. The summed E-state index contributed by atoms with van der Waals surface area (Å²) in [6.07, 6.45) is 1.38. The molecule has 0 radical (unpaired) electrons. The molecule has 0 fully saturated rings. The number of nitrogens with one attached hydrogen (secondary N) is 1. The molecule has 0 heterocycles. The fourth-order valence-electron chi connectivity index (χ4n) is 1.55. The lowest BCUT2D eigenvalue weighted by molar-refractivity contribution is 0.531. The van der Waals surface area contributed by atoms with E-state index in [0.29, 0.717) is 17.2 Å². The van der Waals surface area contributed by atoms with Crippen LogP contribution in [-0.4, -0.2) is 20.3 Å². The number of sulfonamides is 1. The molecule has 0 aromatic heterocycles. The van der Waals surface area contributed by atoms with Crippen molar-refractivity contribution in [1.29, 1.82) is 0 Å². The van der Waals surface area contributed by atoms with E-state index in [-0.39, 0.29) is 6.04 Å². The summed E-state index contributed by atoms with van der Waals surface area (Å²) in [5.41, 5.74) is 0.929. The Hall–Kier alpha value is -0.580. The summed E-state index contributed by atoms with van der Waals surface area (Å²) >= 11 is 5.64. The van der Waals surface area contributed by atoms with Crippen LogP contribution in [0.15, 0.2) is 29.2 Å². The van der Waals surface area contributed by atoms with E-state index in [2.05, 4.69) is 4.72 Å². The van der Waals surface area contributed by atoms with Crippen LogP contribution in [0.5, 0.6) is 0 Å². The van der Waals surface area contributed by atoms with Crippen molar-refractivity contribution in [2.45, 2.75) is 37.6 Å². The highest BCUT2D eigenvalue weighted by molar-refractivity contribution is 7.89. The Bertz CT molecular complexity index is 459. The third-order valence-electron chi connectivity index (χ3n) is 2.57. The molecule has 0 aliphatic rings. The topological polar surface area (TPSA) is 46.2 Å². The van der Waals surface area contributed by atoms with Crippen LogP contribution < -0.4 is 4.72 Å². The SMILES string of the molecule is CCC(CCCl)NS(=O)(=O)c1cccc(C)c1. The van der Waals surface area contributed by atoms with Crippen molar-refractivity contribution in [2.75, 3.05) is 5.88 Å². The second-order valence-corrected chi connectivity index (χ2v) is 6.11. The molecule has 0 bridgehead atoms. The van der Waals surface area contributed by atoms with Gasteiger partial charge in [-0.1, -0.05) is 19.1 Å². The number of rotatable bonds is 6. The zero-order valence-electron chi connectivity index (χ0n) is 10.1. The molecule has 0 saturated carbocycles. The molecule has 1 aromatic carbocycles. The maximum Gasteiger partial charge on any atom is 0.240 e. The van der Waals surface area contributed by atoms with Gasteiger partial charge < -0.3 is 0 Å². The van der Waals surface area contributed by atoms with Gasteiger partial charge in [-0.05, 0) is 37.5 Å². The molecule has 1 aromatic rings. The van der Waals surface area contributed by atoms with E-state index >= 15 is 0 Å². The maximum atomic E-state index is 12.1. The van der Waals surface area contributed by atoms with Gasteiger partial charge in [-0.2, -0.15) is 0 Å². The van der Waals surface area contributed by atoms with E-state index in [1.807, 2.05) is 19.9 Å². The van der Waals surface area contributed by atoms with Gasteiger partial charge >= 0.3 is 0 Å². The summed E-state index contributed by atoms with van der Waals surface area (Å²) in [5.74, 6) is 0.453. The van der Waals surface area contributed by atoms with E-state index in [0.717, 1.165) is 12.0 Å². The molecule has 0 saturated heterocycles. The van der Waals surface area contributed by atoms with Gasteiger partial charge in [0.1, 0.15) is 0 Å². The van der Waals surface area contributed by atoms with Crippen LogP contribution in [0.1, 0.15) is 25.3 Å². The summed E-state index contributed by atoms with van der Waals surface area (Å²) in [6, 6.07) is 6.78. The summed E-state index contributed by atoms with van der Waals surface area (Å²) in [6.45, 7) is 3.81. The Morgan fingerprint density at radius 3 is 2.65 bits per heavy atom. The first-order chi connectivity index (χ1) is 7.99. The number of hydrogen-bond acceptors (Lipinski definition) is 2. The standard InChI is InChI=1S/C12H18ClNO2S/c1-3-11(7-8-13)14-17(15,16)12-6-4-5-10(2)9-12/h4-6,9,11,14H,3,7-8H2,1-2H3. The summed E-state index contributed by atoms with van der Waals surface area (Å²) in [5, 5.41) is 0. The van der Waals surface area contributed by atoms with E-state index < -0.39 is 10.0 Å². The highest BCUT2D eigenvalue weighted by Crippen LogP contribution is 2.12. The first kappa shape index (κ1) is 14.5. The minimum absolute atomic E-state index is 0.0991. The molecule has 96 valence electrons. The Morgan fingerprint density at radius 2 is 2.12 bits per heavy atom. The summed E-state index contributed by atoms with van der Waals surface area (Å²) < 4.78 is 26.8. The van der Waals surface area contributed by atoms with Gasteiger partial charge in [0.05, 0.1) is 4.90 Å².